The Morgan fingerprint density at radius 1 is 1.10 bits per heavy atom. The van der Waals surface area contributed by atoms with Crippen molar-refractivity contribution >= 4 is 5.91 Å². The second-order valence-corrected chi connectivity index (χ2v) is 7.87. The smallest absolute Gasteiger partial charge is 0.220 e. The largest absolute Gasteiger partial charge is 0.388 e. The first-order chi connectivity index (χ1) is 9.39. The van der Waals surface area contributed by atoms with Gasteiger partial charge in [-0.15, -0.1) is 0 Å². The molecule has 0 saturated heterocycles. The highest BCUT2D eigenvalue weighted by Crippen LogP contribution is 2.39. The van der Waals surface area contributed by atoms with Gasteiger partial charge >= 0.3 is 0 Å². The average molecular weight is 281 g/mol. The number of hydrogen-bond acceptors (Lipinski definition) is 2. The molecule has 0 aromatic heterocycles. The number of nitrogens with one attached hydrogen (secondary N) is 1. The zero-order valence-corrected chi connectivity index (χ0v) is 13.2. The predicted octanol–water partition coefficient (Wildman–Crippen LogP) is 3.40. The molecule has 3 heteroatoms. The fraction of sp³-hybridized carbons (Fsp3) is 0.941. The van der Waals surface area contributed by atoms with E-state index in [0.29, 0.717) is 24.3 Å². The second-order valence-electron chi connectivity index (χ2n) is 7.87. The van der Waals surface area contributed by atoms with Crippen LogP contribution in [0.3, 0.4) is 0 Å². The van der Waals surface area contributed by atoms with Gasteiger partial charge in [0, 0.05) is 13.0 Å². The molecule has 0 spiro atoms. The Balaban J connectivity index is 1.70. The third kappa shape index (κ3) is 4.76. The van der Waals surface area contributed by atoms with Crippen LogP contribution < -0.4 is 5.32 Å². The van der Waals surface area contributed by atoms with Gasteiger partial charge in [-0.05, 0) is 49.9 Å². The second kappa shape index (κ2) is 6.46. The van der Waals surface area contributed by atoms with E-state index in [2.05, 4.69) is 19.2 Å². The van der Waals surface area contributed by atoms with Crippen LogP contribution in [0, 0.1) is 11.3 Å². The number of rotatable bonds is 4. The van der Waals surface area contributed by atoms with Crippen molar-refractivity contribution < 1.29 is 9.90 Å². The van der Waals surface area contributed by atoms with E-state index in [1.165, 1.54) is 32.1 Å². The standard InChI is InChI=1S/C17H31NO2/c1-16(2)8-10-17(20,11-9-16)13-18-15(19)12-14-6-4-3-5-7-14/h14,20H,3-13H2,1-2H3,(H,18,19). The summed E-state index contributed by atoms with van der Waals surface area (Å²) in [5.74, 6) is 0.707. The van der Waals surface area contributed by atoms with E-state index in [-0.39, 0.29) is 5.91 Å². The highest BCUT2D eigenvalue weighted by Gasteiger charge is 2.36. The van der Waals surface area contributed by atoms with Crippen LogP contribution >= 0.6 is 0 Å². The molecule has 2 aliphatic carbocycles. The van der Waals surface area contributed by atoms with E-state index in [4.69, 9.17) is 0 Å². The van der Waals surface area contributed by atoms with Crippen molar-refractivity contribution in [1.82, 2.24) is 5.32 Å². The lowest BCUT2D eigenvalue weighted by molar-refractivity contribution is -0.124. The minimum absolute atomic E-state index is 0.134. The number of hydrogen-bond donors (Lipinski definition) is 2. The highest BCUT2D eigenvalue weighted by atomic mass is 16.3. The summed E-state index contributed by atoms with van der Waals surface area (Å²) in [5, 5.41) is 13.5. The van der Waals surface area contributed by atoms with Crippen molar-refractivity contribution in [2.24, 2.45) is 11.3 Å². The topological polar surface area (TPSA) is 49.3 Å². The van der Waals surface area contributed by atoms with Crippen molar-refractivity contribution in [2.75, 3.05) is 6.54 Å². The summed E-state index contributed by atoms with van der Waals surface area (Å²) in [7, 11) is 0. The molecule has 0 aromatic rings. The number of carbonyl (C=O) groups is 1. The van der Waals surface area contributed by atoms with E-state index in [0.717, 1.165) is 25.7 Å². The first-order valence-corrected chi connectivity index (χ1v) is 8.38. The van der Waals surface area contributed by atoms with Crippen molar-refractivity contribution in [3.8, 4) is 0 Å². The summed E-state index contributed by atoms with van der Waals surface area (Å²) in [6.07, 6.45) is 10.6. The van der Waals surface area contributed by atoms with E-state index < -0.39 is 5.60 Å². The summed E-state index contributed by atoms with van der Waals surface area (Å²) in [5.41, 5.74) is -0.323. The van der Waals surface area contributed by atoms with E-state index in [9.17, 15) is 9.90 Å². The molecule has 1 amide bonds. The molecule has 2 aliphatic rings. The van der Waals surface area contributed by atoms with Gasteiger partial charge < -0.3 is 10.4 Å². The Hall–Kier alpha value is -0.570. The zero-order chi connectivity index (χ0) is 14.6. The fourth-order valence-corrected chi connectivity index (χ4v) is 3.56. The first kappa shape index (κ1) is 15.8. The molecule has 0 radical (unpaired) electrons. The quantitative estimate of drug-likeness (QED) is 0.829. The van der Waals surface area contributed by atoms with E-state index in [1.807, 2.05) is 0 Å². The molecule has 2 fully saturated rings. The van der Waals surface area contributed by atoms with Gasteiger partial charge in [-0.25, -0.2) is 0 Å². The van der Waals surface area contributed by atoms with Crippen molar-refractivity contribution in [1.29, 1.82) is 0 Å². The lowest BCUT2D eigenvalue weighted by Gasteiger charge is -2.40. The van der Waals surface area contributed by atoms with Crippen molar-refractivity contribution in [2.45, 2.75) is 83.7 Å². The maximum atomic E-state index is 12.0. The molecule has 0 bridgehead atoms. The molecule has 0 heterocycles. The molecule has 0 unspecified atom stereocenters. The van der Waals surface area contributed by atoms with E-state index >= 15 is 0 Å². The summed E-state index contributed by atoms with van der Waals surface area (Å²) in [6, 6.07) is 0. The van der Waals surface area contributed by atoms with Crippen LogP contribution in [0.4, 0.5) is 0 Å². The Morgan fingerprint density at radius 2 is 1.70 bits per heavy atom. The maximum Gasteiger partial charge on any atom is 0.220 e. The lowest BCUT2D eigenvalue weighted by atomic mass is 9.71. The van der Waals surface area contributed by atoms with Gasteiger partial charge in [-0.3, -0.25) is 4.79 Å². The van der Waals surface area contributed by atoms with Gasteiger partial charge in [-0.2, -0.15) is 0 Å². The van der Waals surface area contributed by atoms with Crippen molar-refractivity contribution in [3.05, 3.63) is 0 Å². The number of aliphatic hydroxyl groups is 1. The minimum Gasteiger partial charge on any atom is -0.388 e. The predicted molar refractivity (Wildman–Crippen MR) is 81.4 cm³/mol. The molecule has 0 aromatic carbocycles. The third-order valence-electron chi connectivity index (χ3n) is 5.35. The molecule has 2 saturated carbocycles. The molecule has 0 atom stereocenters. The normalized spacial score (nSPS) is 26.1. The van der Waals surface area contributed by atoms with Crippen LogP contribution in [0.2, 0.25) is 0 Å². The van der Waals surface area contributed by atoms with Crippen LogP contribution in [-0.4, -0.2) is 23.2 Å². The third-order valence-corrected chi connectivity index (χ3v) is 5.35. The highest BCUT2D eigenvalue weighted by molar-refractivity contribution is 5.76. The van der Waals surface area contributed by atoms with Gasteiger partial charge in [0.05, 0.1) is 5.60 Å². The molecule has 20 heavy (non-hydrogen) atoms. The summed E-state index contributed by atoms with van der Waals surface area (Å²) in [6.45, 7) is 4.96. The molecule has 3 nitrogen and oxygen atoms in total. The van der Waals surface area contributed by atoms with Gasteiger partial charge in [-0.1, -0.05) is 33.1 Å². The van der Waals surface area contributed by atoms with Gasteiger partial charge in [0.25, 0.3) is 0 Å². The Bertz CT molecular complexity index is 322. The van der Waals surface area contributed by atoms with Crippen LogP contribution in [0.15, 0.2) is 0 Å². The van der Waals surface area contributed by atoms with Crippen LogP contribution in [-0.2, 0) is 4.79 Å². The maximum absolute atomic E-state index is 12.0. The lowest BCUT2D eigenvalue weighted by Crippen LogP contribution is -2.46. The SMILES string of the molecule is CC1(C)CCC(O)(CNC(=O)CC2CCCCC2)CC1. The summed E-state index contributed by atoms with van der Waals surface area (Å²) >= 11 is 0. The molecule has 0 aliphatic heterocycles. The number of carbonyl (C=O) groups excluding carboxylic acids is 1. The van der Waals surface area contributed by atoms with Crippen LogP contribution in [0.5, 0.6) is 0 Å². The summed E-state index contributed by atoms with van der Waals surface area (Å²) < 4.78 is 0. The average Bonchev–Trinajstić information content (AvgIpc) is 2.42. The molecule has 116 valence electrons. The molecule has 2 rings (SSSR count). The van der Waals surface area contributed by atoms with Crippen LogP contribution in [0.1, 0.15) is 78.1 Å². The van der Waals surface area contributed by atoms with Gasteiger partial charge in [0.15, 0.2) is 0 Å². The fourth-order valence-electron chi connectivity index (χ4n) is 3.56. The van der Waals surface area contributed by atoms with Crippen LogP contribution in [0.25, 0.3) is 0 Å². The van der Waals surface area contributed by atoms with E-state index in [1.54, 1.807) is 0 Å². The molecule has 2 N–H and O–H groups in total. The molecular weight excluding hydrogens is 250 g/mol. The van der Waals surface area contributed by atoms with Gasteiger partial charge in [0.2, 0.25) is 5.91 Å². The Kier molecular flexibility index (Phi) is 5.11. The molecular formula is C17H31NO2. The summed E-state index contributed by atoms with van der Waals surface area (Å²) in [4.78, 5) is 12.0. The Morgan fingerprint density at radius 3 is 2.30 bits per heavy atom. The van der Waals surface area contributed by atoms with Gasteiger partial charge in [0.1, 0.15) is 0 Å². The Labute approximate surface area is 123 Å². The first-order valence-electron chi connectivity index (χ1n) is 8.38. The monoisotopic (exact) mass is 281 g/mol. The zero-order valence-electron chi connectivity index (χ0n) is 13.2. The van der Waals surface area contributed by atoms with Crippen molar-refractivity contribution in [3.63, 3.8) is 0 Å². The number of amides is 1. The minimum atomic E-state index is -0.669.